The van der Waals surface area contributed by atoms with Crippen molar-refractivity contribution in [2.45, 2.75) is 19.6 Å². The Balaban J connectivity index is 3.07. The molecular weight excluding hydrogens is 132 g/mol. The first-order chi connectivity index (χ1) is 4.06. The molecule has 0 aromatic carbocycles. The molecule has 3 heteroatoms. The summed E-state index contributed by atoms with van der Waals surface area (Å²) in [6.07, 6.45) is 0. The normalized spacial score (nSPS) is 12.0. The Morgan fingerprint density at radius 2 is 1.67 bits per heavy atom. The van der Waals surface area contributed by atoms with E-state index in [9.17, 15) is 0 Å². The maximum absolute atomic E-state index is 5.48. The van der Waals surface area contributed by atoms with Gasteiger partial charge in [-0.1, -0.05) is 0 Å². The molecule has 0 amide bonds. The van der Waals surface area contributed by atoms with Crippen LogP contribution in [0, 0.1) is 0 Å². The summed E-state index contributed by atoms with van der Waals surface area (Å²) in [5, 5.41) is 0. The van der Waals surface area contributed by atoms with Crippen LogP contribution in [0.25, 0.3) is 0 Å². The summed E-state index contributed by atoms with van der Waals surface area (Å²) in [5.74, 6) is 0. The van der Waals surface area contributed by atoms with E-state index in [1.54, 1.807) is 7.11 Å². The molecule has 0 aromatic heterocycles. The molecule has 0 aliphatic carbocycles. The average molecular weight is 148 g/mol. The molecule has 0 fully saturated rings. The second-order valence-corrected chi connectivity index (χ2v) is 7.47. The summed E-state index contributed by atoms with van der Waals surface area (Å²) >= 11 is 0. The third kappa shape index (κ3) is 8.14. The Morgan fingerprint density at radius 1 is 1.11 bits per heavy atom. The quantitative estimate of drug-likeness (QED) is 0.444. The van der Waals surface area contributed by atoms with Crippen LogP contribution in [0.5, 0.6) is 0 Å². The van der Waals surface area contributed by atoms with Crippen molar-refractivity contribution in [2.24, 2.45) is 0 Å². The third-order valence-corrected chi connectivity index (χ3v) is 1.89. The predicted octanol–water partition coefficient (Wildman–Crippen LogP) is 1.48. The van der Waals surface area contributed by atoms with Gasteiger partial charge in [-0.2, -0.15) is 0 Å². The summed E-state index contributed by atoms with van der Waals surface area (Å²) in [5.41, 5.74) is 0. The third-order valence-electron chi connectivity index (χ3n) is 0.823. The van der Waals surface area contributed by atoms with E-state index in [-0.39, 0.29) is 0 Å². The van der Waals surface area contributed by atoms with Crippen molar-refractivity contribution in [3.8, 4) is 0 Å². The van der Waals surface area contributed by atoms with Gasteiger partial charge in [0.25, 0.3) is 0 Å². The van der Waals surface area contributed by atoms with E-state index in [1.807, 2.05) is 0 Å². The highest BCUT2D eigenvalue weighted by Gasteiger charge is 2.12. The molecular formula is C6H16O2Si. The Labute approximate surface area is 58.3 Å². The lowest BCUT2D eigenvalue weighted by atomic mass is 10.8. The minimum Gasteiger partial charge on any atom is -0.415 e. The maximum Gasteiger partial charge on any atom is 0.183 e. The van der Waals surface area contributed by atoms with Crippen LogP contribution in [0.3, 0.4) is 0 Å². The summed E-state index contributed by atoms with van der Waals surface area (Å²) in [7, 11) is 0.414. The molecule has 9 heavy (non-hydrogen) atoms. The Bertz CT molecular complexity index is 67.9. The summed E-state index contributed by atoms with van der Waals surface area (Å²) in [6.45, 7) is 7.96. The van der Waals surface area contributed by atoms with Crippen LogP contribution in [0.15, 0.2) is 0 Å². The standard InChI is InChI=1S/C6H16O2Si/c1-7-5-6-8-9(2,3)4/h5-6H2,1-4H3. The average Bonchev–Trinajstić information content (AvgIpc) is 1.63. The highest BCUT2D eigenvalue weighted by Crippen LogP contribution is 2.00. The fraction of sp³-hybridized carbons (Fsp3) is 1.00. The SMILES string of the molecule is COCCO[Si](C)(C)C. The van der Waals surface area contributed by atoms with Crippen LogP contribution in [0.2, 0.25) is 19.6 Å². The molecule has 0 N–H and O–H groups in total. The van der Waals surface area contributed by atoms with Gasteiger partial charge in [0.15, 0.2) is 8.32 Å². The van der Waals surface area contributed by atoms with Crippen LogP contribution >= 0.6 is 0 Å². The number of ether oxygens (including phenoxy) is 1. The molecule has 2 nitrogen and oxygen atoms in total. The van der Waals surface area contributed by atoms with Gasteiger partial charge in [-0.15, -0.1) is 0 Å². The molecule has 0 aromatic rings. The molecule has 0 aliphatic rings. The fourth-order valence-corrected chi connectivity index (χ4v) is 1.13. The maximum atomic E-state index is 5.48. The number of hydrogen-bond acceptors (Lipinski definition) is 2. The van der Waals surface area contributed by atoms with E-state index in [1.165, 1.54) is 0 Å². The van der Waals surface area contributed by atoms with Crippen LogP contribution in [0.1, 0.15) is 0 Å². The second-order valence-electron chi connectivity index (χ2n) is 2.95. The monoisotopic (exact) mass is 148 g/mol. The van der Waals surface area contributed by atoms with Crippen molar-refractivity contribution in [1.29, 1.82) is 0 Å². The van der Waals surface area contributed by atoms with Crippen molar-refractivity contribution >= 4 is 8.32 Å². The largest absolute Gasteiger partial charge is 0.415 e. The zero-order valence-corrected chi connectivity index (χ0v) is 7.73. The van der Waals surface area contributed by atoms with Crippen molar-refractivity contribution in [2.75, 3.05) is 20.3 Å². The smallest absolute Gasteiger partial charge is 0.183 e. The van der Waals surface area contributed by atoms with Crippen LogP contribution in [0.4, 0.5) is 0 Å². The van der Waals surface area contributed by atoms with Gasteiger partial charge < -0.3 is 9.16 Å². The lowest BCUT2D eigenvalue weighted by Crippen LogP contribution is -2.27. The van der Waals surface area contributed by atoms with Gasteiger partial charge in [-0.05, 0) is 19.6 Å². The highest BCUT2D eigenvalue weighted by molar-refractivity contribution is 6.69. The Kier molecular flexibility index (Phi) is 4.09. The molecule has 0 saturated heterocycles. The van der Waals surface area contributed by atoms with Crippen molar-refractivity contribution in [3.05, 3.63) is 0 Å². The molecule has 0 spiro atoms. The van der Waals surface area contributed by atoms with Crippen LogP contribution in [-0.4, -0.2) is 28.6 Å². The van der Waals surface area contributed by atoms with Crippen LogP contribution < -0.4 is 0 Å². The van der Waals surface area contributed by atoms with Gasteiger partial charge in [-0.3, -0.25) is 0 Å². The number of methoxy groups -OCH3 is 1. The van der Waals surface area contributed by atoms with Gasteiger partial charge in [0.2, 0.25) is 0 Å². The van der Waals surface area contributed by atoms with E-state index < -0.39 is 8.32 Å². The van der Waals surface area contributed by atoms with Gasteiger partial charge in [0.05, 0.1) is 13.2 Å². The van der Waals surface area contributed by atoms with E-state index in [2.05, 4.69) is 19.6 Å². The molecule has 0 bridgehead atoms. The summed E-state index contributed by atoms with van der Waals surface area (Å²) in [6, 6.07) is 0. The van der Waals surface area contributed by atoms with E-state index >= 15 is 0 Å². The summed E-state index contributed by atoms with van der Waals surface area (Å²) < 4.78 is 10.3. The minimum absolute atomic E-state index is 0.713. The lowest BCUT2D eigenvalue weighted by Gasteiger charge is -2.16. The molecule has 0 radical (unpaired) electrons. The highest BCUT2D eigenvalue weighted by atomic mass is 28.4. The molecule has 0 unspecified atom stereocenters. The first-order valence-electron chi connectivity index (χ1n) is 3.19. The number of hydrogen-bond donors (Lipinski definition) is 0. The Morgan fingerprint density at radius 3 is 2.00 bits per heavy atom. The van der Waals surface area contributed by atoms with E-state index in [0.29, 0.717) is 6.61 Å². The van der Waals surface area contributed by atoms with E-state index in [0.717, 1.165) is 6.61 Å². The zero-order valence-electron chi connectivity index (χ0n) is 6.73. The van der Waals surface area contributed by atoms with Crippen molar-refractivity contribution in [1.82, 2.24) is 0 Å². The molecule has 0 aliphatic heterocycles. The van der Waals surface area contributed by atoms with Gasteiger partial charge in [0.1, 0.15) is 0 Å². The molecule has 0 saturated carbocycles. The molecule has 56 valence electrons. The topological polar surface area (TPSA) is 18.5 Å². The first-order valence-corrected chi connectivity index (χ1v) is 6.60. The minimum atomic E-state index is -1.27. The summed E-state index contributed by atoms with van der Waals surface area (Å²) in [4.78, 5) is 0. The van der Waals surface area contributed by atoms with Gasteiger partial charge in [0, 0.05) is 7.11 Å². The second kappa shape index (κ2) is 4.03. The fourth-order valence-electron chi connectivity index (χ4n) is 0.431. The first kappa shape index (κ1) is 9.14. The Hall–Kier alpha value is 0.137. The molecule has 0 rings (SSSR count). The number of rotatable bonds is 4. The predicted molar refractivity (Wildman–Crippen MR) is 41.2 cm³/mol. The van der Waals surface area contributed by atoms with Crippen LogP contribution in [-0.2, 0) is 9.16 Å². The van der Waals surface area contributed by atoms with E-state index in [4.69, 9.17) is 9.16 Å². The van der Waals surface area contributed by atoms with Gasteiger partial charge in [-0.25, -0.2) is 0 Å². The van der Waals surface area contributed by atoms with Gasteiger partial charge >= 0.3 is 0 Å². The lowest BCUT2D eigenvalue weighted by molar-refractivity contribution is 0.143. The van der Waals surface area contributed by atoms with Crippen molar-refractivity contribution in [3.63, 3.8) is 0 Å². The molecule has 0 atom stereocenters. The zero-order chi connectivity index (χ0) is 7.33. The van der Waals surface area contributed by atoms with Crippen molar-refractivity contribution < 1.29 is 9.16 Å². The molecule has 0 heterocycles.